The number of aryl methyl sites for hydroxylation is 1. The molecule has 1 aliphatic carbocycles. The highest BCUT2D eigenvalue weighted by Crippen LogP contribution is 2.38. The molecule has 1 fully saturated rings. The lowest BCUT2D eigenvalue weighted by Crippen LogP contribution is -2.57. The highest BCUT2D eigenvalue weighted by Gasteiger charge is 2.46. The number of carbonyl (C=O) groups excluding carboxylic acids is 1. The normalized spacial score (nSPS) is 26.0. The zero-order chi connectivity index (χ0) is 14.6. The number of amides is 1. The fraction of sp³-hybridized carbons (Fsp3) is 0.833. The van der Waals surface area contributed by atoms with E-state index in [2.05, 4.69) is 20.8 Å². The third kappa shape index (κ3) is 2.95. The molecule has 3 N–H and O–H groups in total. The molecule has 7 nitrogen and oxygen atoms in total. The molecule has 1 heterocycles. The van der Waals surface area contributed by atoms with Crippen molar-refractivity contribution in [3.8, 4) is 0 Å². The van der Waals surface area contributed by atoms with Crippen molar-refractivity contribution in [3.63, 3.8) is 0 Å². The van der Waals surface area contributed by atoms with Gasteiger partial charge < -0.3 is 11.1 Å². The molecule has 0 aromatic carbocycles. The molecule has 20 heavy (non-hydrogen) atoms. The average molecular weight is 298 g/mol. The minimum atomic E-state index is -0.520. The summed E-state index contributed by atoms with van der Waals surface area (Å²) in [7, 11) is 1.82. The maximum Gasteiger partial charge on any atom is 0.238 e. The summed E-state index contributed by atoms with van der Waals surface area (Å²) in [5.74, 6) is 0.972. The van der Waals surface area contributed by atoms with Gasteiger partial charge in [0.15, 0.2) is 0 Å². The molecular formula is C12H22N6OS. The second-order valence-electron chi connectivity index (χ2n) is 5.18. The van der Waals surface area contributed by atoms with Gasteiger partial charge in [0.05, 0.1) is 0 Å². The van der Waals surface area contributed by atoms with E-state index >= 15 is 0 Å². The highest BCUT2D eigenvalue weighted by atomic mass is 32.2. The van der Waals surface area contributed by atoms with Crippen molar-refractivity contribution in [1.82, 2.24) is 25.5 Å². The SMILES string of the molecule is CCNC1(C(N)=O)CCCC1CCSc1nnnn1C. The van der Waals surface area contributed by atoms with Gasteiger partial charge in [-0.3, -0.25) is 4.79 Å². The number of rotatable bonds is 7. The van der Waals surface area contributed by atoms with Crippen molar-refractivity contribution in [1.29, 1.82) is 0 Å². The number of aromatic nitrogens is 4. The number of thioether (sulfide) groups is 1. The molecule has 0 aliphatic heterocycles. The molecule has 2 atom stereocenters. The van der Waals surface area contributed by atoms with E-state index in [-0.39, 0.29) is 5.91 Å². The fourth-order valence-electron chi connectivity index (χ4n) is 3.06. The van der Waals surface area contributed by atoms with Gasteiger partial charge in [0.2, 0.25) is 11.1 Å². The van der Waals surface area contributed by atoms with Crippen LogP contribution in [0.25, 0.3) is 0 Å². The van der Waals surface area contributed by atoms with Crippen LogP contribution in [0.1, 0.15) is 32.6 Å². The topological polar surface area (TPSA) is 98.7 Å². The molecule has 112 valence electrons. The zero-order valence-corrected chi connectivity index (χ0v) is 12.8. The number of nitrogens with one attached hydrogen (secondary N) is 1. The van der Waals surface area contributed by atoms with E-state index < -0.39 is 5.54 Å². The molecule has 1 aliphatic rings. The van der Waals surface area contributed by atoms with Crippen LogP contribution in [-0.2, 0) is 11.8 Å². The molecular weight excluding hydrogens is 276 g/mol. The number of carbonyl (C=O) groups is 1. The number of tetrazole rings is 1. The molecule has 2 rings (SSSR count). The van der Waals surface area contributed by atoms with Gasteiger partial charge in [0, 0.05) is 12.8 Å². The Morgan fingerprint density at radius 2 is 2.45 bits per heavy atom. The predicted octanol–water partition coefficient (Wildman–Crippen LogP) is 0.326. The lowest BCUT2D eigenvalue weighted by Gasteiger charge is -2.33. The predicted molar refractivity (Wildman–Crippen MR) is 77.1 cm³/mol. The largest absolute Gasteiger partial charge is 0.368 e. The molecule has 2 unspecified atom stereocenters. The summed E-state index contributed by atoms with van der Waals surface area (Å²) in [4.78, 5) is 11.9. The van der Waals surface area contributed by atoms with Crippen LogP contribution >= 0.6 is 11.8 Å². The van der Waals surface area contributed by atoms with Gasteiger partial charge in [-0.2, -0.15) is 0 Å². The van der Waals surface area contributed by atoms with Crippen LogP contribution in [0, 0.1) is 5.92 Å². The Labute approximate surface area is 123 Å². The molecule has 0 bridgehead atoms. The summed E-state index contributed by atoms with van der Waals surface area (Å²) in [6.07, 6.45) is 3.88. The quantitative estimate of drug-likeness (QED) is 0.704. The summed E-state index contributed by atoms with van der Waals surface area (Å²) >= 11 is 1.62. The minimum absolute atomic E-state index is 0.216. The van der Waals surface area contributed by atoms with E-state index in [1.54, 1.807) is 16.4 Å². The smallest absolute Gasteiger partial charge is 0.238 e. The number of hydrogen-bond acceptors (Lipinski definition) is 6. The average Bonchev–Trinajstić information content (AvgIpc) is 2.99. The number of likely N-dealkylation sites (N-methyl/N-ethyl adjacent to an activating group) is 1. The van der Waals surface area contributed by atoms with Crippen LogP contribution in [0.4, 0.5) is 0 Å². The molecule has 0 radical (unpaired) electrons. The lowest BCUT2D eigenvalue weighted by molar-refractivity contribution is -0.125. The van der Waals surface area contributed by atoms with Crippen LogP contribution in [0.2, 0.25) is 0 Å². The summed E-state index contributed by atoms with van der Waals surface area (Å²) in [6, 6.07) is 0. The summed E-state index contributed by atoms with van der Waals surface area (Å²) in [5, 5.41) is 15.5. The van der Waals surface area contributed by atoms with Crippen molar-refractivity contribution in [3.05, 3.63) is 0 Å². The molecule has 8 heteroatoms. The molecule has 1 aromatic heterocycles. The van der Waals surface area contributed by atoms with Crippen molar-refractivity contribution >= 4 is 17.7 Å². The van der Waals surface area contributed by atoms with E-state index in [0.717, 1.165) is 43.1 Å². The van der Waals surface area contributed by atoms with E-state index in [1.807, 2.05) is 14.0 Å². The van der Waals surface area contributed by atoms with Crippen LogP contribution in [0.15, 0.2) is 5.16 Å². The maximum atomic E-state index is 11.9. The third-order valence-electron chi connectivity index (χ3n) is 4.03. The number of hydrogen-bond donors (Lipinski definition) is 2. The molecule has 1 aromatic rings. The van der Waals surface area contributed by atoms with E-state index in [4.69, 9.17) is 5.73 Å². The molecule has 1 amide bonds. The maximum absolute atomic E-state index is 11.9. The monoisotopic (exact) mass is 298 g/mol. The first-order valence-electron chi connectivity index (χ1n) is 7.00. The van der Waals surface area contributed by atoms with Gasteiger partial charge in [0.1, 0.15) is 5.54 Å². The number of nitrogens with two attached hydrogens (primary N) is 1. The van der Waals surface area contributed by atoms with Crippen LogP contribution in [-0.4, -0.2) is 44.0 Å². The third-order valence-corrected chi connectivity index (χ3v) is 5.08. The fourth-order valence-corrected chi connectivity index (χ4v) is 3.97. The molecule has 1 saturated carbocycles. The van der Waals surface area contributed by atoms with Gasteiger partial charge in [-0.1, -0.05) is 25.1 Å². The summed E-state index contributed by atoms with van der Waals surface area (Å²) in [5.41, 5.74) is 5.13. The first kappa shape index (κ1) is 15.2. The van der Waals surface area contributed by atoms with E-state index in [0.29, 0.717) is 5.92 Å². The Hall–Kier alpha value is -1.15. The number of nitrogens with zero attached hydrogens (tertiary/aromatic N) is 4. The minimum Gasteiger partial charge on any atom is -0.368 e. The Balaban J connectivity index is 1.94. The Bertz CT molecular complexity index is 465. The second-order valence-corrected chi connectivity index (χ2v) is 6.24. The van der Waals surface area contributed by atoms with Crippen molar-refractivity contribution in [2.24, 2.45) is 18.7 Å². The zero-order valence-electron chi connectivity index (χ0n) is 12.0. The first-order chi connectivity index (χ1) is 9.60. The van der Waals surface area contributed by atoms with Crippen molar-refractivity contribution < 1.29 is 4.79 Å². The van der Waals surface area contributed by atoms with Gasteiger partial charge in [-0.15, -0.1) is 5.10 Å². The standard InChI is InChI=1S/C12H22N6OS/c1-3-14-12(10(13)19)7-4-5-9(12)6-8-20-11-15-16-17-18(11)2/h9,14H,3-8H2,1-2H3,(H2,13,19). The van der Waals surface area contributed by atoms with Crippen molar-refractivity contribution in [2.45, 2.75) is 43.3 Å². The van der Waals surface area contributed by atoms with Gasteiger partial charge in [0.25, 0.3) is 0 Å². The number of primary amides is 1. The molecule has 0 spiro atoms. The first-order valence-corrected chi connectivity index (χ1v) is 7.99. The van der Waals surface area contributed by atoms with Gasteiger partial charge in [-0.25, -0.2) is 4.68 Å². The summed E-state index contributed by atoms with van der Waals surface area (Å²) in [6.45, 7) is 2.78. The Morgan fingerprint density at radius 3 is 3.05 bits per heavy atom. The Morgan fingerprint density at radius 1 is 1.65 bits per heavy atom. The van der Waals surface area contributed by atoms with Crippen LogP contribution in [0.5, 0.6) is 0 Å². The van der Waals surface area contributed by atoms with Crippen molar-refractivity contribution in [2.75, 3.05) is 12.3 Å². The second kappa shape index (κ2) is 6.53. The van der Waals surface area contributed by atoms with Crippen LogP contribution in [0.3, 0.4) is 0 Å². The molecule has 0 saturated heterocycles. The highest BCUT2D eigenvalue weighted by molar-refractivity contribution is 7.99. The van der Waals surface area contributed by atoms with Gasteiger partial charge in [-0.05, 0) is 42.2 Å². The van der Waals surface area contributed by atoms with Crippen LogP contribution < -0.4 is 11.1 Å². The lowest BCUT2D eigenvalue weighted by atomic mass is 9.84. The van der Waals surface area contributed by atoms with Gasteiger partial charge >= 0.3 is 0 Å². The Kier molecular flexibility index (Phi) is 4.98. The summed E-state index contributed by atoms with van der Waals surface area (Å²) < 4.78 is 1.66. The van der Waals surface area contributed by atoms with E-state index in [1.165, 1.54) is 0 Å². The van der Waals surface area contributed by atoms with E-state index in [9.17, 15) is 4.79 Å².